The Morgan fingerprint density at radius 1 is 0.765 bits per heavy atom. The maximum absolute atomic E-state index is 13.0. The Hall–Kier alpha value is -4.30. The summed E-state index contributed by atoms with van der Waals surface area (Å²) in [5.41, 5.74) is 7.37. The van der Waals surface area contributed by atoms with Crippen LogP contribution < -0.4 is 16.2 Å². The van der Waals surface area contributed by atoms with Crippen LogP contribution in [0.4, 0.5) is 0 Å². The van der Waals surface area contributed by atoms with Crippen LogP contribution in [0.15, 0.2) is 91.0 Å². The third-order valence-corrected chi connectivity index (χ3v) is 6.23. The van der Waals surface area contributed by atoms with Gasteiger partial charge in [-0.15, -0.1) is 11.3 Å². The Labute approximate surface area is 200 Å². The number of nitrogens with zero attached hydrogens (tertiary/aromatic N) is 1. The summed E-state index contributed by atoms with van der Waals surface area (Å²) in [5, 5.41) is 3.45. The van der Waals surface area contributed by atoms with E-state index >= 15 is 0 Å². The highest BCUT2D eigenvalue weighted by atomic mass is 32.1. The highest BCUT2D eigenvalue weighted by Crippen LogP contribution is 2.27. The fourth-order valence-corrected chi connectivity index (χ4v) is 4.28. The molecule has 1 heterocycles. The number of hydrazine groups is 1. The second-order valence-electron chi connectivity index (χ2n) is 7.43. The van der Waals surface area contributed by atoms with Crippen molar-refractivity contribution in [3.63, 3.8) is 0 Å². The van der Waals surface area contributed by atoms with E-state index < -0.39 is 23.8 Å². The monoisotopic (exact) mass is 470 g/mol. The van der Waals surface area contributed by atoms with Gasteiger partial charge in [-0.2, -0.15) is 0 Å². The maximum Gasteiger partial charge on any atom is 0.281 e. The van der Waals surface area contributed by atoms with E-state index in [1.54, 1.807) is 61.5 Å². The first kappa shape index (κ1) is 22.9. The highest BCUT2D eigenvalue weighted by molar-refractivity contribution is 7.17. The minimum Gasteiger partial charge on any atom is -0.336 e. The van der Waals surface area contributed by atoms with E-state index in [4.69, 9.17) is 0 Å². The van der Waals surface area contributed by atoms with E-state index in [2.05, 4.69) is 21.2 Å². The van der Waals surface area contributed by atoms with Gasteiger partial charge in [-0.25, -0.2) is 4.98 Å². The smallest absolute Gasteiger partial charge is 0.281 e. The largest absolute Gasteiger partial charge is 0.336 e. The van der Waals surface area contributed by atoms with Crippen molar-refractivity contribution in [3.05, 3.63) is 113 Å². The molecular weight excluding hydrogens is 448 g/mol. The molecule has 1 atom stereocenters. The second-order valence-corrected chi connectivity index (χ2v) is 8.43. The summed E-state index contributed by atoms with van der Waals surface area (Å²) in [6, 6.07) is 26.0. The van der Waals surface area contributed by atoms with Gasteiger partial charge in [0.1, 0.15) is 15.9 Å². The van der Waals surface area contributed by atoms with Gasteiger partial charge in [-0.05, 0) is 24.6 Å². The fourth-order valence-electron chi connectivity index (χ4n) is 3.31. The molecule has 0 fully saturated rings. The summed E-state index contributed by atoms with van der Waals surface area (Å²) in [6.45, 7) is 1.74. The van der Waals surface area contributed by atoms with Crippen molar-refractivity contribution in [3.8, 4) is 10.6 Å². The van der Waals surface area contributed by atoms with Crippen molar-refractivity contribution in [2.45, 2.75) is 13.0 Å². The Morgan fingerprint density at radius 2 is 1.35 bits per heavy atom. The number of benzene rings is 3. The number of aryl methyl sites for hydroxylation is 1. The molecule has 3 N–H and O–H groups in total. The van der Waals surface area contributed by atoms with Crippen LogP contribution in [0.25, 0.3) is 10.6 Å². The molecule has 0 radical (unpaired) electrons. The van der Waals surface area contributed by atoms with Crippen LogP contribution in [-0.2, 0) is 4.79 Å². The topological polar surface area (TPSA) is 100 Å². The zero-order valence-electron chi connectivity index (χ0n) is 18.3. The molecule has 4 aromatic rings. The van der Waals surface area contributed by atoms with Gasteiger partial charge in [0.15, 0.2) is 0 Å². The molecule has 34 heavy (non-hydrogen) atoms. The summed E-state index contributed by atoms with van der Waals surface area (Å²) < 4.78 is 0. The summed E-state index contributed by atoms with van der Waals surface area (Å²) in [6.07, 6.45) is 0. The number of hydrogen-bond donors (Lipinski definition) is 3. The van der Waals surface area contributed by atoms with Crippen molar-refractivity contribution in [1.29, 1.82) is 0 Å². The quantitative estimate of drug-likeness (QED) is 0.370. The molecule has 0 aliphatic rings. The van der Waals surface area contributed by atoms with E-state index in [9.17, 15) is 14.4 Å². The molecule has 0 saturated carbocycles. The lowest BCUT2D eigenvalue weighted by Crippen LogP contribution is -2.48. The minimum atomic E-state index is -1.00. The van der Waals surface area contributed by atoms with Crippen molar-refractivity contribution < 1.29 is 14.4 Å². The predicted molar refractivity (Wildman–Crippen MR) is 131 cm³/mol. The minimum absolute atomic E-state index is 0.392. The first-order chi connectivity index (χ1) is 16.5. The molecule has 0 aliphatic heterocycles. The Bertz CT molecular complexity index is 1290. The third-order valence-electron chi connectivity index (χ3n) is 5.03. The highest BCUT2D eigenvalue weighted by Gasteiger charge is 2.24. The van der Waals surface area contributed by atoms with Gasteiger partial charge in [-0.3, -0.25) is 25.2 Å². The molecule has 0 saturated heterocycles. The number of thiazole rings is 1. The fraction of sp³-hybridized carbons (Fsp3) is 0.0769. The van der Waals surface area contributed by atoms with E-state index in [1.807, 2.05) is 36.4 Å². The van der Waals surface area contributed by atoms with Gasteiger partial charge in [0.2, 0.25) is 0 Å². The third kappa shape index (κ3) is 5.36. The number of carbonyl (C=O) groups excluding carboxylic acids is 3. The molecule has 3 amide bonds. The van der Waals surface area contributed by atoms with Crippen LogP contribution in [0.5, 0.6) is 0 Å². The second kappa shape index (κ2) is 10.5. The summed E-state index contributed by atoms with van der Waals surface area (Å²) in [7, 11) is 0. The molecule has 0 spiro atoms. The number of nitrogens with one attached hydrogen (secondary N) is 3. The molecule has 8 heteroatoms. The Morgan fingerprint density at radius 3 is 2.00 bits per heavy atom. The van der Waals surface area contributed by atoms with Crippen LogP contribution in [0, 0.1) is 6.92 Å². The maximum atomic E-state index is 13.0. The average molecular weight is 471 g/mol. The SMILES string of the molecule is Cc1nc(-c2ccccc2)sc1C(=O)NNC(=O)C(NC(=O)c1ccccc1)c1ccccc1. The van der Waals surface area contributed by atoms with Crippen molar-refractivity contribution in [2.75, 3.05) is 0 Å². The summed E-state index contributed by atoms with van der Waals surface area (Å²) in [5.74, 6) is -1.46. The first-order valence-corrected chi connectivity index (χ1v) is 11.4. The number of rotatable bonds is 6. The number of hydrogen-bond acceptors (Lipinski definition) is 5. The van der Waals surface area contributed by atoms with Gasteiger partial charge in [-0.1, -0.05) is 78.9 Å². The van der Waals surface area contributed by atoms with E-state index in [-0.39, 0.29) is 0 Å². The molecular formula is C26H22N4O3S. The lowest BCUT2D eigenvalue weighted by molar-refractivity contribution is -0.123. The van der Waals surface area contributed by atoms with Crippen molar-refractivity contribution in [2.24, 2.45) is 0 Å². The van der Waals surface area contributed by atoms with Crippen LogP contribution >= 0.6 is 11.3 Å². The molecule has 0 aliphatic carbocycles. The van der Waals surface area contributed by atoms with Crippen molar-refractivity contribution in [1.82, 2.24) is 21.2 Å². The van der Waals surface area contributed by atoms with Crippen LogP contribution in [0.2, 0.25) is 0 Å². The van der Waals surface area contributed by atoms with Crippen LogP contribution in [0.1, 0.15) is 37.3 Å². The lowest BCUT2D eigenvalue weighted by atomic mass is 10.1. The van der Waals surface area contributed by atoms with Crippen molar-refractivity contribution >= 4 is 29.1 Å². The standard InChI is InChI=1S/C26H22N4O3S/c1-17-22(34-26(27-17)20-15-9-4-10-16-20)25(33)30-29-24(32)21(18-11-5-2-6-12-18)28-23(31)19-13-7-3-8-14-19/h2-16,21H,1H3,(H,28,31)(H,29,32)(H,30,33). The predicted octanol–water partition coefficient (Wildman–Crippen LogP) is 4.05. The Kier molecular flexibility index (Phi) is 7.10. The normalized spacial score (nSPS) is 11.3. The van der Waals surface area contributed by atoms with Gasteiger partial charge in [0.25, 0.3) is 17.7 Å². The zero-order valence-corrected chi connectivity index (χ0v) is 19.1. The van der Waals surface area contributed by atoms with Gasteiger partial charge >= 0.3 is 0 Å². The number of aromatic nitrogens is 1. The number of amides is 3. The molecule has 4 rings (SSSR count). The molecule has 0 bridgehead atoms. The van der Waals surface area contributed by atoms with E-state index in [0.29, 0.717) is 26.7 Å². The Balaban J connectivity index is 1.47. The first-order valence-electron chi connectivity index (χ1n) is 10.6. The zero-order chi connectivity index (χ0) is 23.9. The lowest BCUT2D eigenvalue weighted by Gasteiger charge is -2.19. The molecule has 170 valence electrons. The molecule has 3 aromatic carbocycles. The van der Waals surface area contributed by atoms with Gasteiger partial charge in [0, 0.05) is 11.1 Å². The summed E-state index contributed by atoms with van der Waals surface area (Å²) in [4.78, 5) is 43.3. The van der Waals surface area contributed by atoms with Crippen LogP contribution in [-0.4, -0.2) is 22.7 Å². The molecule has 1 aromatic heterocycles. The molecule has 7 nitrogen and oxygen atoms in total. The van der Waals surface area contributed by atoms with Gasteiger partial charge in [0.05, 0.1) is 5.69 Å². The van der Waals surface area contributed by atoms with E-state index in [1.165, 1.54) is 11.3 Å². The average Bonchev–Trinajstić information content (AvgIpc) is 3.28. The molecule has 1 unspecified atom stereocenters. The van der Waals surface area contributed by atoms with E-state index in [0.717, 1.165) is 5.56 Å². The van der Waals surface area contributed by atoms with Crippen LogP contribution in [0.3, 0.4) is 0 Å². The number of carbonyl (C=O) groups is 3. The summed E-state index contributed by atoms with van der Waals surface area (Å²) >= 11 is 1.24. The van der Waals surface area contributed by atoms with Gasteiger partial charge < -0.3 is 5.32 Å².